The van der Waals surface area contributed by atoms with Crippen LogP contribution in [0.25, 0.3) is 0 Å². The van der Waals surface area contributed by atoms with E-state index in [4.69, 9.17) is 4.74 Å². The van der Waals surface area contributed by atoms with Gasteiger partial charge in [-0.15, -0.1) is 0 Å². The van der Waals surface area contributed by atoms with Gasteiger partial charge in [-0.1, -0.05) is 18.2 Å². The molecule has 0 saturated heterocycles. The summed E-state index contributed by atoms with van der Waals surface area (Å²) < 4.78 is 5.83. The van der Waals surface area contributed by atoms with E-state index in [0.717, 1.165) is 11.1 Å². The Morgan fingerprint density at radius 3 is 2.48 bits per heavy atom. The SMILES string of the molecule is Cc1c(O)ccc2c1OCC(c1ccc(O)cc1)C2CO. The third-order valence-electron chi connectivity index (χ3n) is 4.22. The molecule has 2 aromatic rings. The number of fused-ring (bicyclic) bond motifs is 1. The topological polar surface area (TPSA) is 69.9 Å². The lowest BCUT2D eigenvalue weighted by Crippen LogP contribution is -2.27. The van der Waals surface area contributed by atoms with Crippen molar-refractivity contribution < 1.29 is 20.1 Å². The van der Waals surface area contributed by atoms with Crippen molar-refractivity contribution >= 4 is 0 Å². The van der Waals surface area contributed by atoms with E-state index in [9.17, 15) is 15.3 Å². The number of benzene rings is 2. The summed E-state index contributed by atoms with van der Waals surface area (Å²) in [7, 11) is 0. The molecule has 0 radical (unpaired) electrons. The van der Waals surface area contributed by atoms with Crippen LogP contribution in [0.4, 0.5) is 0 Å². The van der Waals surface area contributed by atoms with Crippen molar-refractivity contribution in [3.63, 3.8) is 0 Å². The number of aliphatic hydroxyl groups is 1. The van der Waals surface area contributed by atoms with Gasteiger partial charge in [0, 0.05) is 23.0 Å². The van der Waals surface area contributed by atoms with Gasteiger partial charge in [-0.05, 0) is 30.7 Å². The molecule has 4 nitrogen and oxygen atoms in total. The van der Waals surface area contributed by atoms with Crippen LogP contribution < -0.4 is 4.74 Å². The number of ether oxygens (including phenoxy) is 1. The van der Waals surface area contributed by atoms with Gasteiger partial charge in [-0.3, -0.25) is 0 Å². The molecular formula is C17H18O4. The third kappa shape index (κ3) is 2.32. The number of aliphatic hydroxyl groups excluding tert-OH is 1. The Balaban J connectivity index is 2.02. The molecule has 2 unspecified atom stereocenters. The maximum absolute atomic E-state index is 9.82. The number of aromatic hydroxyl groups is 2. The number of hydrogen-bond donors (Lipinski definition) is 3. The van der Waals surface area contributed by atoms with E-state index < -0.39 is 0 Å². The molecule has 21 heavy (non-hydrogen) atoms. The third-order valence-corrected chi connectivity index (χ3v) is 4.22. The van der Waals surface area contributed by atoms with Crippen LogP contribution in [-0.2, 0) is 0 Å². The van der Waals surface area contributed by atoms with Gasteiger partial charge in [0.2, 0.25) is 0 Å². The van der Waals surface area contributed by atoms with Crippen LogP contribution in [0.1, 0.15) is 28.5 Å². The van der Waals surface area contributed by atoms with Crippen LogP contribution >= 0.6 is 0 Å². The molecule has 0 aromatic heterocycles. The number of phenols is 2. The zero-order valence-electron chi connectivity index (χ0n) is 11.8. The maximum Gasteiger partial charge on any atom is 0.129 e. The monoisotopic (exact) mass is 286 g/mol. The van der Waals surface area contributed by atoms with Gasteiger partial charge < -0.3 is 20.1 Å². The van der Waals surface area contributed by atoms with Crippen LogP contribution in [0, 0.1) is 6.92 Å². The Hall–Kier alpha value is -2.20. The van der Waals surface area contributed by atoms with Crippen LogP contribution in [-0.4, -0.2) is 28.5 Å². The normalized spacial score (nSPS) is 20.7. The summed E-state index contributed by atoms with van der Waals surface area (Å²) in [5, 5.41) is 29.0. The number of hydrogen-bond acceptors (Lipinski definition) is 4. The lowest BCUT2D eigenvalue weighted by molar-refractivity contribution is 0.180. The fourth-order valence-corrected chi connectivity index (χ4v) is 2.97. The van der Waals surface area contributed by atoms with E-state index in [1.165, 1.54) is 0 Å². The minimum absolute atomic E-state index is 0.00607. The molecule has 3 rings (SSSR count). The summed E-state index contributed by atoms with van der Waals surface area (Å²) in [5.41, 5.74) is 2.63. The van der Waals surface area contributed by atoms with Gasteiger partial charge in [0.15, 0.2) is 0 Å². The number of rotatable bonds is 2. The lowest BCUT2D eigenvalue weighted by Gasteiger charge is -2.34. The molecule has 0 bridgehead atoms. The molecule has 0 aliphatic carbocycles. The van der Waals surface area contributed by atoms with Crippen molar-refractivity contribution in [3.8, 4) is 17.2 Å². The van der Waals surface area contributed by atoms with E-state index in [2.05, 4.69) is 0 Å². The zero-order valence-corrected chi connectivity index (χ0v) is 11.8. The van der Waals surface area contributed by atoms with Gasteiger partial charge in [0.25, 0.3) is 0 Å². The first-order valence-electron chi connectivity index (χ1n) is 6.97. The zero-order chi connectivity index (χ0) is 15.0. The van der Waals surface area contributed by atoms with Crippen molar-refractivity contribution in [2.75, 3.05) is 13.2 Å². The molecule has 1 heterocycles. The largest absolute Gasteiger partial charge is 0.508 e. The summed E-state index contributed by atoms with van der Waals surface area (Å²) in [6.45, 7) is 2.25. The van der Waals surface area contributed by atoms with Crippen molar-refractivity contribution in [1.82, 2.24) is 0 Å². The van der Waals surface area contributed by atoms with Crippen LogP contribution in [0.2, 0.25) is 0 Å². The van der Waals surface area contributed by atoms with Gasteiger partial charge in [0.05, 0.1) is 13.2 Å². The average Bonchev–Trinajstić information content (AvgIpc) is 2.50. The minimum Gasteiger partial charge on any atom is -0.508 e. The van der Waals surface area contributed by atoms with Gasteiger partial charge in [-0.2, -0.15) is 0 Å². The lowest BCUT2D eigenvalue weighted by atomic mass is 9.79. The highest BCUT2D eigenvalue weighted by molar-refractivity contribution is 5.52. The fourth-order valence-electron chi connectivity index (χ4n) is 2.97. The standard InChI is InChI=1S/C17H18O4/c1-10-16(20)7-6-13-14(8-18)15(9-21-17(10)13)11-2-4-12(19)5-3-11/h2-7,14-15,18-20H,8-9H2,1H3. The first kappa shape index (κ1) is 13.8. The van der Waals surface area contributed by atoms with Crippen LogP contribution in [0.5, 0.6) is 17.2 Å². The van der Waals surface area contributed by atoms with Crippen LogP contribution in [0.15, 0.2) is 36.4 Å². The van der Waals surface area contributed by atoms with Gasteiger partial charge in [-0.25, -0.2) is 0 Å². The molecule has 3 N–H and O–H groups in total. The molecule has 0 fully saturated rings. The summed E-state index contributed by atoms with van der Waals surface area (Å²) in [6, 6.07) is 10.4. The molecule has 0 saturated carbocycles. The molecular weight excluding hydrogens is 268 g/mol. The second kappa shape index (κ2) is 5.30. The van der Waals surface area contributed by atoms with E-state index in [1.807, 2.05) is 25.1 Å². The molecule has 0 amide bonds. The summed E-state index contributed by atoms with van der Waals surface area (Å²) in [4.78, 5) is 0. The first-order chi connectivity index (χ1) is 10.1. The second-order valence-corrected chi connectivity index (χ2v) is 5.43. The van der Waals surface area contributed by atoms with E-state index in [1.54, 1.807) is 18.2 Å². The fraction of sp³-hybridized carbons (Fsp3) is 0.294. The average molecular weight is 286 g/mol. The van der Waals surface area contributed by atoms with E-state index in [0.29, 0.717) is 17.9 Å². The van der Waals surface area contributed by atoms with Crippen molar-refractivity contribution in [2.45, 2.75) is 18.8 Å². The smallest absolute Gasteiger partial charge is 0.129 e. The minimum atomic E-state index is -0.0856. The molecule has 1 aliphatic rings. The highest BCUT2D eigenvalue weighted by Crippen LogP contribution is 2.45. The second-order valence-electron chi connectivity index (χ2n) is 5.43. The van der Waals surface area contributed by atoms with Crippen LogP contribution in [0.3, 0.4) is 0 Å². The predicted molar refractivity (Wildman–Crippen MR) is 79.0 cm³/mol. The van der Waals surface area contributed by atoms with Crippen molar-refractivity contribution in [1.29, 1.82) is 0 Å². The Labute approximate surface area is 123 Å². The van der Waals surface area contributed by atoms with Gasteiger partial charge >= 0.3 is 0 Å². The maximum atomic E-state index is 9.82. The summed E-state index contributed by atoms with van der Waals surface area (Å²) in [6.07, 6.45) is 0. The quantitative estimate of drug-likeness (QED) is 0.794. The number of phenolic OH excluding ortho intramolecular Hbond substituents is 2. The Bertz CT molecular complexity index is 649. The summed E-state index contributed by atoms with van der Waals surface area (Å²) in [5.74, 6) is 1.03. The van der Waals surface area contributed by atoms with E-state index >= 15 is 0 Å². The molecule has 2 atom stereocenters. The van der Waals surface area contributed by atoms with E-state index in [-0.39, 0.29) is 29.9 Å². The van der Waals surface area contributed by atoms with Crippen molar-refractivity contribution in [2.24, 2.45) is 0 Å². The Kier molecular flexibility index (Phi) is 3.47. The Morgan fingerprint density at radius 2 is 1.81 bits per heavy atom. The molecule has 2 aromatic carbocycles. The molecule has 110 valence electrons. The predicted octanol–water partition coefficient (Wildman–Crippen LogP) is 2.66. The molecule has 0 spiro atoms. The molecule has 1 aliphatic heterocycles. The molecule has 4 heteroatoms. The highest BCUT2D eigenvalue weighted by Gasteiger charge is 2.33. The summed E-state index contributed by atoms with van der Waals surface area (Å²) >= 11 is 0. The highest BCUT2D eigenvalue weighted by atomic mass is 16.5. The van der Waals surface area contributed by atoms with Crippen molar-refractivity contribution in [3.05, 3.63) is 53.1 Å². The van der Waals surface area contributed by atoms with Gasteiger partial charge in [0.1, 0.15) is 17.2 Å². The first-order valence-corrected chi connectivity index (χ1v) is 6.97. The Morgan fingerprint density at radius 1 is 1.10 bits per heavy atom.